The molecule has 23 heavy (non-hydrogen) atoms. The Bertz CT molecular complexity index is 717. The Morgan fingerprint density at radius 1 is 1.48 bits per heavy atom. The van der Waals surface area contributed by atoms with Crippen LogP contribution in [0.1, 0.15) is 35.8 Å². The molecule has 0 N–H and O–H groups in total. The van der Waals surface area contributed by atoms with Crippen LogP contribution in [0.5, 0.6) is 0 Å². The second-order valence-corrected chi connectivity index (χ2v) is 5.92. The van der Waals surface area contributed by atoms with E-state index in [9.17, 15) is 10.1 Å². The van der Waals surface area contributed by atoms with Crippen LogP contribution in [0, 0.1) is 18.3 Å². The van der Waals surface area contributed by atoms with E-state index in [0.29, 0.717) is 18.0 Å². The Kier molecular flexibility index (Phi) is 4.42. The first-order valence-corrected chi connectivity index (χ1v) is 7.85. The number of aryl methyl sites for hydroxylation is 1. The number of hydrogen-bond donors (Lipinski definition) is 0. The maximum Gasteiger partial charge on any atom is 0.229 e. The number of rotatable bonds is 4. The summed E-state index contributed by atoms with van der Waals surface area (Å²) in [6, 6.07) is 13.8. The molecule has 118 valence electrons. The average molecular weight is 309 g/mol. The van der Waals surface area contributed by atoms with E-state index < -0.39 is 0 Å². The van der Waals surface area contributed by atoms with Gasteiger partial charge in [-0.15, -0.1) is 0 Å². The van der Waals surface area contributed by atoms with Gasteiger partial charge in [-0.05, 0) is 25.3 Å². The van der Waals surface area contributed by atoms with E-state index in [1.54, 1.807) is 13.0 Å². The fourth-order valence-corrected chi connectivity index (χ4v) is 3.25. The molecule has 5 heteroatoms. The molecule has 1 saturated heterocycles. The lowest BCUT2D eigenvalue weighted by atomic mass is 9.91. The second kappa shape index (κ2) is 6.66. The number of benzene rings is 1. The van der Waals surface area contributed by atoms with Crippen molar-refractivity contribution in [3.8, 4) is 6.07 Å². The second-order valence-electron chi connectivity index (χ2n) is 5.92. The van der Waals surface area contributed by atoms with Gasteiger partial charge in [-0.3, -0.25) is 4.79 Å². The van der Waals surface area contributed by atoms with E-state index in [0.717, 1.165) is 18.4 Å². The predicted molar refractivity (Wildman–Crippen MR) is 84.5 cm³/mol. The van der Waals surface area contributed by atoms with Gasteiger partial charge in [0, 0.05) is 12.6 Å². The van der Waals surface area contributed by atoms with Crippen molar-refractivity contribution in [2.75, 3.05) is 6.54 Å². The minimum Gasteiger partial charge on any atom is -0.361 e. The minimum atomic E-state index is -0.290. The highest BCUT2D eigenvalue weighted by Gasteiger charge is 2.35. The fraction of sp³-hybridized carbons (Fsp3) is 0.389. The number of nitriles is 1. The number of hydrogen-bond acceptors (Lipinski definition) is 4. The first-order valence-electron chi connectivity index (χ1n) is 7.85. The summed E-state index contributed by atoms with van der Waals surface area (Å²) in [7, 11) is 0. The highest BCUT2D eigenvalue weighted by atomic mass is 16.5. The lowest BCUT2D eigenvalue weighted by molar-refractivity contribution is -0.131. The number of amides is 1. The van der Waals surface area contributed by atoms with Crippen LogP contribution in [0.15, 0.2) is 40.9 Å². The normalized spacial score (nSPS) is 18.6. The molecule has 5 nitrogen and oxygen atoms in total. The molecule has 1 fully saturated rings. The minimum absolute atomic E-state index is 0.0111. The lowest BCUT2D eigenvalue weighted by Crippen LogP contribution is -2.39. The lowest BCUT2D eigenvalue weighted by Gasteiger charge is -2.28. The summed E-state index contributed by atoms with van der Waals surface area (Å²) < 4.78 is 5.02. The zero-order valence-corrected chi connectivity index (χ0v) is 13.1. The molecule has 0 unspecified atom stereocenters. The van der Waals surface area contributed by atoms with Crippen molar-refractivity contribution in [3.63, 3.8) is 0 Å². The highest BCUT2D eigenvalue weighted by molar-refractivity contribution is 5.79. The van der Waals surface area contributed by atoms with E-state index in [1.165, 1.54) is 0 Å². The molecular formula is C18H19N3O2. The fourth-order valence-electron chi connectivity index (χ4n) is 3.25. The molecule has 0 aliphatic carbocycles. The van der Waals surface area contributed by atoms with Crippen LogP contribution in [0.3, 0.4) is 0 Å². The Morgan fingerprint density at radius 3 is 2.91 bits per heavy atom. The monoisotopic (exact) mass is 309 g/mol. The molecular weight excluding hydrogens is 290 g/mol. The number of carbonyl (C=O) groups excluding carboxylic acids is 1. The van der Waals surface area contributed by atoms with Crippen molar-refractivity contribution in [1.29, 1.82) is 5.26 Å². The first-order chi connectivity index (χ1) is 11.2. The summed E-state index contributed by atoms with van der Waals surface area (Å²) in [5.41, 5.74) is 1.61. The largest absolute Gasteiger partial charge is 0.361 e. The van der Waals surface area contributed by atoms with Gasteiger partial charge in [0.1, 0.15) is 5.76 Å². The van der Waals surface area contributed by atoms with Gasteiger partial charge in [0.15, 0.2) is 0 Å². The molecule has 2 aromatic rings. The maximum absolute atomic E-state index is 12.6. The smallest absolute Gasteiger partial charge is 0.229 e. The molecule has 2 atom stereocenters. The van der Waals surface area contributed by atoms with Crippen molar-refractivity contribution < 1.29 is 9.32 Å². The molecule has 0 saturated carbocycles. The molecule has 3 rings (SSSR count). The van der Waals surface area contributed by atoms with E-state index in [-0.39, 0.29) is 24.3 Å². The molecule has 1 aromatic carbocycles. The predicted octanol–water partition coefficient (Wildman–Crippen LogP) is 2.82. The molecule has 1 aliphatic heterocycles. The van der Waals surface area contributed by atoms with E-state index in [4.69, 9.17) is 4.52 Å². The van der Waals surface area contributed by atoms with Crippen LogP contribution in [0.2, 0.25) is 0 Å². The molecule has 2 heterocycles. The quantitative estimate of drug-likeness (QED) is 0.870. The Morgan fingerprint density at radius 2 is 2.26 bits per heavy atom. The maximum atomic E-state index is 12.6. The van der Waals surface area contributed by atoms with Gasteiger partial charge < -0.3 is 9.42 Å². The van der Waals surface area contributed by atoms with Crippen LogP contribution in [0.4, 0.5) is 0 Å². The molecule has 0 radical (unpaired) electrons. The third-order valence-electron chi connectivity index (χ3n) is 4.31. The third kappa shape index (κ3) is 3.26. The van der Waals surface area contributed by atoms with Crippen LogP contribution in [0.25, 0.3) is 0 Å². The molecule has 0 bridgehead atoms. The molecule has 0 spiro atoms. The molecule has 1 amide bonds. The van der Waals surface area contributed by atoms with Crippen LogP contribution < -0.4 is 0 Å². The zero-order chi connectivity index (χ0) is 16.2. The van der Waals surface area contributed by atoms with Gasteiger partial charge in [-0.1, -0.05) is 35.5 Å². The van der Waals surface area contributed by atoms with Gasteiger partial charge in [-0.25, -0.2) is 0 Å². The van der Waals surface area contributed by atoms with Crippen LogP contribution >= 0.6 is 0 Å². The van der Waals surface area contributed by atoms with Crippen molar-refractivity contribution >= 4 is 5.91 Å². The zero-order valence-electron chi connectivity index (χ0n) is 13.1. The van der Waals surface area contributed by atoms with E-state index in [2.05, 4.69) is 11.2 Å². The van der Waals surface area contributed by atoms with E-state index >= 15 is 0 Å². The number of likely N-dealkylation sites (tertiary alicyclic amines) is 1. The number of nitrogens with zero attached hydrogens (tertiary/aromatic N) is 3. The summed E-state index contributed by atoms with van der Waals surface area (Å²) in [6.07, 6.45) is 2.01. The number of aromatic nitrogens is 1. The van der Waals surface area contributed by atoms with Crippen molar-refractivity contribution in [1.82, 2.24) is 10.1 Å². The Labute approximate surface area is 135 Å². The average Bonchev–Trinajstić information content (AvgIpc) is 3.19. The topological polar surface area (TPSA) is 70.1 Å². The summed E-state index contributed by atoms with van der Waals surface area (Å²) in [5, 5.41) is 13.5. The van der Waals surface area contributed by atoms with Gasteiger partial charge in [0.2, 0.25) is 5.91 Å². The third-order valence-corrected chi connectivity index (χ3v) is 4.31. The summed E-state index contributed by atoms with van der Waals surface area (Å²) in [5.74, 6) is 0.420. The van der Waals surface area contributed by atoms with Gasteiger partial charge in [0.25, 0.3) is 0 Å². The number of carbonyl (C=O) groups is 1. The van der Waals surface area contributed by atoms with Crippen LogP contribution in [-0.2, 0) is 11.2 Å². The van der Waals surface area contributed by atoms with Gasteiger partial charge in [0.05, 0.1) is 30.1 Å². The Hall–Kier alpha value is -2.61. The van der Waals surface area contributed by atoms with Crippen LogP contribution in [-0.4, -0.2) is 28.6 Å². The summed E-state index contributed by atoms with van der Waals surface area (Å²) in [4.78, 5) is 14.5. The highest BCUT2D eigenvalue weighted by Crippen LogP contribution is 2.31. The SMILES string of the molecule is Cc1cc(CC(=O)N2CCC[C@@H]2[C@@H](C#N)c2ccccc2)no1. The van der Waals surface area contributed by atoms with Gasteiger partial charge in [-0.2, -0.15) is 5.26 Å². The van der Waals surface area contributed by atoms with E-state index in [1.807, 2.05) is 35.2 Å². The molecule has 1 aromatic heterocycles. The summed E-state index contributed by atoms with van der Waals surface area (Å²) >= 11 is 0. The summed E-state index contributed by atoms with van der Waals surface area (Å²) in [6.45, 7) is 2.51. The molecule has 1 aliphatic rings. The first kappa shape index (κ1) is 15.3. The Balaban J connectivity index is 1.76. The van der Waals surface area contributed by atoms with Crippen molar-refractivity contribution in [2.24, 2.45) is 0 Å². The standard InChI is InChI=1S/C18H19N3O2/c1-13-10-15(20-23-13)11-18(22)21-9-5-8-17(21)16(12-19)14-6-3-2-4-7-14/h2-4,6-7,10,16-17H,5,8-9,11H2,1H3/t16-,17+/m0/s1. The van der Waals surface area contributed by atoms with Gasteiger partial charge >= 0.3 is 0 Å². The van der Waals surface area contributed by atoms with Crippen molar-refractivity contribution in [2.45, 2.75) is 38.1 Å². The van der Waals surface area contributed by atoms with Crippen molar-refractivity contribution in [3.05, 3.63) is 53.4 Å².